The summed E-state index contributed by atoms with van der Waals surface area (Å²) in [5, 5.41) is 0. The number of H-pyrrole nitrogens is 1. The van der Waals surface area contributed by atoms with Crippen molar-refractivity contribution < 1.29 is 33.3 Å². The van der Waals surface area contributed by atoms with Crippen LogP contribution in [0, 0.1) is 4.77 Å². The summed E-state index contributed by atoms with van der Waals surface area (Å²) >= 11 is 5.11. The molecule has 4 atom stereocenters. The van der Waals surface area contributed by atoms with Crippen LogP contribution in [-0.4, -0.2) is 52.4 Å². The molecular weight excluding hydrogens is 368 g/mol. The summed E-state index contributed by atoms with van der Waals surface area (Å²) in [5.41, 5.74) is -0.415. The van der Waals surface area contributed by atoms with Crippen molar-refractivity contribution in [2.24, 2.45) is 0 Å². The van der Waals surface area contributed by atoms with E-state index in [-0.39, 0.29) is 11.4 Å². The van der Waals surface area contributed by atoms with Crippen LogP contribution >= 0.6 is 12.2 Å². The van der Waals surface area contributed by atoms with Crippen molar-refractivity contribution in [3.05, 3.63) is 27.4 Å². The first-order chi connectivity index (χ1) is 12.2. The van der Waals surface area contributed by atoms with E-state index in [1.165, 1.54) is 37.6 Å². The van der Waals surface area contributed by atoms with Crippen molar-refractivity contribution in [2.75, 3.05) is 6.61 Å². The van der Waals surface area contributed by atoms with Crippen LogP contribution in [0.25, 0.3) is 0 Å². The molecule has 2 rings (SSSR count). The maximum absolute atomic E-state index is 11.5. The van der Waals surface area contributed by atoms with Crippen LogP contribution in [-0.2, 0) is 33.3 Å². The third-order valence-corrected chi connectivity index (χ3v) is 3.78. The van der Waals surface area contributed by atoms with E-state index in [9.17, 15) is 19.2 Å². The van der Waals surface area contributed by atoms with Crippen LogP contribution in [0.5, 0.6) is 0 Å². The molecule has 0 aromatic carbocycles. The highest BCUT2D eigenvalue weighted by Gasteiger charge is 2.50. The quantitative estimate of drug-likeness (QED) is 0.430. The first-order valence-corrected chi connectivity index (χ1v) is 8.04. The number of nitrogens with zero attached hydrogens (tertiary/aromatic N) is 1. The molecule has 2 heterocycles. The van der Waals surface area contributed by atoms with Crippen molar-refractivity contribution in [1.29, 1.82) is 0 Å². The van der Waals surface area contributed by atoms with Gasteiger partial charge in [0.2, 0.25) is 0 Å². The fourth-order valence-corrected chi connectivity index (χ4v) is 2.81. The number of aromatic nitrogens is 2. The zero-order chi connectivity index (χ0) is 19.4. The third kappa shape index (κ3) is 4.76. The summed E-state index contributed by atoms with van der Waals surface area (Å²) in [6, 6.07) is 1.21. The minimum atomic E-state index is -1.06. The van der Waals surface area contributed by atoms with E-state index in [2.05, 4.69) is 4.98 Å². The fraction of sp³-hybridized carbons (Fsp3) is 0.533. The molecule has 1 N–H and O–H groups in total. The Bertz CT molecular complexity index is 816. The molecule has 1 aliphatic heterocycles. The number of carbonyl (C=O) groups is 3. The molecule has 0 saturated carbocycles. The lowest BCUT2D eigenvalue weighted by atomic mass is 10.1. The Balaban J connectivity index is 2.41. The second-order valence-corrected chi connectivity index (χ2v) is 5.92. The highest BCUT2D eigenvalue weighted by atomic mass is 32.1. The third-order valence-electron chi connectivity index (χ3n) is 3.47. The number of hydrogen-bond donors (Lipinski definition) is 1. The number of hydrogen-bond acceptors (Lipinski definition) is 9. The Kier molecular flexibility index (Phi) is 6.27. The lowest BCUT2D eigenvalue weighted by Gasteiger charge is -2.24. The van der Waals surface area contributed by atoms with E-state index in [1.54, 1.807) is 0 Å². The Morgan fingerprint density at radius 3 is 2.31 bits per heavy atom. The van der Waals surface area contributed by atoms with E-state index in [4.69, 9.17) is 31.2 Å². The van der Waals surface area contributed by atoms with Gasteiger partial charge in [-0.3, -0.25) is 28.7 Å². The summed E-state index contributed by atoms with van der Waals surface area (Å²) in [4.78, 5) is 47.9. The maximum atomic E-state index is 11.5. The standard InChI is InChI=1S/C15H18N2O8S/c1-7(18)22-6-10-12(23-8(2)19)13(24-9(3)20)14(25-10)17-5-4-11(21)16-15(17)26/h4-5,10,12-14H,6H2,1-3H3,(H,16,21,26)/t10-,12-,13-,14-/m1/s1. The number of rotatable bonds is 5. The molecule has 0 spiro atoms. The Labute approximate surface area is 153 Å². The molecule has 1 aromatic rings. The van der Waals surface area contributed by atoms with Crippen LogP contribution in [0.4, 0.5) is 0 Å². The van der Waals surface area contributed by atoms with Crippen molar-refractivity contribution in [3.63, 3.8) is 0 Å². The van der Waals surface area contributed by atoms with Crippen LogP contribution < -0.4 is 5.56 Å². The predicted octanol–water partition coefficient (Wildman–Crippen LogP) is 0.230. The van der Waals surface area contributed by atoms with E-state index < -0.39 is 48.0 Å². The molecule has 0 aliphatic carbocycles. The van der Waals surface area contributed by atoms with Gasteiger partial charge in [0.15, 0.2) is 23.2 Å². The van der Waals surface area contributed by atoms with Crippen LogP contribution in [0.2, 0.25) is 0 Å². The second-order valence-electron chi connectivity index (χ2n) is 5.53. The molecule has 0 unspecified atom stereocenters. The van der Waals surface area contributed by atoms with Gasteiger partial charge in [-0.25, -0.2) is 0 Å². The molecular formula is C15H18N2O8S. The summed E-state index contributed by atoms with van der Waals surface area (Å²) in [7, 11) is 0. The number of aromatic amines is 1. The van der Waals surface area contributed by atoms with Gasteiger partial charge in [-0.15, -0.1) is 0 Å². The lowest BCUT2D eigenvalue weighted by molar-refractivity contribution is -0.166. The largest absolute Gasteiger partial charge is 0.463 e. The van der Waals surface area contributed by atoms with Crippen LogP contribution in [0.3, 0.4) is 0 Å². The molecule has 1 fully saturated rings. The first-order valence-electron chi connectivity index (χ1n) is 7.63. The van der Waals surface area contributed by atoms with Crippen molar-refractivity contribution in [3.8, 4) is 0 Å². The predicted molar refractivity (Wildman–Crippen MR) is 87.5 cm³/mol. The number of esters is 3. The van der Waals surface area contributed by atoms with Gasteiger partial charge in [-0.05, 0) is 12.2 Å². The highest BCUT2D eigenvalue weighted by Crippen LogP contribution is 2.34. The molecule has 142 valence electrons. The summed E-state index contributed by atoms with van der Waals surface area (Å²) in [5.74, 6) is -1.82. The molecule has 0 bridgehead atoms. The number of nitrogens with one attached hydrogen (secondary N) is 1. The van der Waals surface area contributed by atoms with E-state index in [0.29, 0.717) is 0 Å². The van der Waals surface area contributed by atoms with Crippen LogP contribution in [0.15, 0.2) is 17.1 Å². The number of carbonyl (C=O) groups excluding carboxylic acids is 3. The molecule has 26 heavy (non-hydrogen) atoms. The average molecular weight is 386 g/mol. The lowest BCUT2D eigenvalue weighted by Crippen LogP contribution is -2.40. The number of ether oxygens (including phenoxy) is 4. The molecule has 1 saturated heterocycles. The first kappa shape index (κ1) is 19.8. The maximum Gasteiger partial charge on any atom is 0.303 e. The summed E-state index contributed by atoms with van der Waals surface area (Å²) < 4.78 is 22.6. The monoisotopic (exact) mass is 386 g/mol. The van der Waals surface area contributed by atoms with Gasteiger partial charge in [0, 0.05) is 33.0 Å². The Morgan fingerprint density at radius 2 is 1.77 bits per heavy atom. The minimum absolute atomic E-state index is 0.0226. The molecule has 11 heteroatoms. The smallest absolute Gasteiger partial charge is 0.303 e. The van der Waals surface area contributed by atoms with Gasteiger partial charge >= 0.3 is 17.9 Å². The van der Waals surface area contributed by atoms with Gasteiger partial charge in [-0.1, -0.05) is 0 Å². The fourth-order valence-electron chi connectivity index (χ4n) is 2.54. The SMILES string of the molecule is CC(=O)OC[C@H]1O[C@@H](n2ccc(=O)[nH]c2=S)[C@H](OC(C)=O)[C@@H]1OC(C)=O. The van der Waals surface area contributed by atoms with Gasteiger partial charge in [0.1, 0.15) is 12.7 Å². The Hall–Kier alpha value is -2.53. The van der Waals surface area contributed by atoms with E-state index in [1.807, 2.05) is 0 Å². The molecule has 0 amide bonds. The highest BCUT2D eigenvalue weighted by molar-refractivity contribution is 7.71. The van der Waals surface area contributed by atoms with Crippen molar-refractivity contribution in [2.45, 2.75) is 45.3 Å². The van der Waals surface area contributed by atoms with Crippen molar-refractivity contribution in [1.82, 2.24) is 9.55 Å². The zero-order valence-corrected chi connectivity index (χ0v) is 15.1. The van der Waals surface area contributed by atoms with Gasteiger partial charge in [-0.2, -0.15) is 0 Å². The molecule has 0 radical (unpaired) electrons. The van der Waals surface area contributed by atoms with E-state index in [0.717, 1.165) is 0 Å². The minimum Gasteiger partial charge on any atom is -0.463 e. The average Bonchev–Trinajstić information content (AvgIpc) is 2.82. The summed E-state index contributed by atoms with van der Waals surface area (Å²) in [6.45, 7) is 3.37. The molecule has 1 aromatic heterocycles. The summed E-state index contributed by atoms with van der Waals surface area (Å²) in [6.07, 6.45) is -2.62. The molecule has 10 nitrogen and oxygen atoms in total. The van der Waals surface area contributed by atoms with Crippen molar-refractivity contribution >= 4 is 30.1 Å². The van der Waals surface area contributed by atoms with Gasteiger partial charge in [0.05, 0.1) is 0 Å². The van der Waals surface area contributed by atoms with Gasteiger partial charge in [0.25, 0.3) is 5.56 Å². The Morgan fingerprint density at radius 1 is 1.15 bits per heavy atom. The van der Waals surface area contributed by atoms with Crippen LogP contribution in [0.1, 0.15) is 27.0 Å². The zero-order valence-electron chi connectivity index (χ0n) is 14.3. The van der Waals surface area contributed by atoms with E-state index >= 15 is 0 Å². The topological polar surface area (TPSA) is 126 Å². The second kappa shape index (κ2) is 8.23. The van der Waals surface area contributed by atoms with Gasteiger partial charge < -0.3 is 18.9 Å². The molecule has 1 aliphatic rings. The normalized spacial score (nSPS) is 24.7.